The lowest BCUT2D eigenvalue weighted by atomic mass is 10.2. The molecule has 1 aliphatic heterocycles. The maximum Gasteiger partial charge on any atom is 0.238 e. The van der Waals surface area contributed by atoms with Crippen LogP contribution in [0.5, 0.6) is 0 Å². The van der Waals surface area contributed by atoms with Crippen LogP contribution < -0.4 is 5.32 Å². The summed E-state index contributed by atoms with van der Waals surface area (Å²) in [6.45, 7) is 4.34. The van der Waals surface area contributed by atoms with Crippen LogP contribution in [-0.2, 0) is 4.79 Å². The SMILES string of the molecule is Cc1cccc(NC(=O)CN2CC=CCC2)c1. The number of hydrogen-bond acceptors (Lipinski definition) is 2. The molecule has 0 fully saturated rings. The minimum Gasteiger partial charge on any atom is -0.325 e. The zero-order chi connectivity index (χ0) is 12.1. The Labute approximate surface area is 102 Å². The second-order valence-electron chi connectivity index (χ2n) is 4.41. The molecule has 0 saturated heterocycles. The first kappa shape index (κ1) is 11.9. The molecule has 1 aromatic rings. The van der Waals surface area contributed by atoms with Crippen LogP contribution in [0, 0.1) is 6.92 Å². The lowest BCUT2D eigenvalue weighted by Crippen LogP contribution is -2.35. The molecule has 0 radical (unpaired) electrons. The molecule has 1 amide bonds. The molecule has 1 N–H and O–H groups in total. The van der Waals surface area contributed by atoms with Crippen molar-refractivity contribution in [2.24, 2.45) is 0 Å². The molecule has 0 bridgehead atoms. The molecule has 2 rings (SSSR count). The van der Waals surface area contributed by atoms with E-state index in [0.29, 0.717) is 6.54 Å². The molecule has 0 saturated carbocycles. The fraction of sp³-hybridized carbons (Fsp3) is 0.357. The third kappa shape index (κ3) is 3.71. The second kappa shape index (κ2) is 5.64. The monoisotopic (exact) mass is 230 g/mol. The first-order valence-electron chi connectivity index (χ1n) is 5.98. The number of amides is 1. The van der Waals surface area contributed by atoms with E-state index in [1.807, 2.05) is 31.2 Å². The summed E-state index contributed by atoms with van der Waals surface area (Å²) in [4.78, 5) is 14.0. The van der Waals surface area contributed by atoms with Crippen molar-refractivity contribution in [3.63, 3.8) is 0 Å². The Kier molecular flexibility index (Phi) is 3.94. The molecule has 1 aliphatic rings. The largest absolute Gasteiger partial charge is 0.325 e. The number of benzene rings is 1. The van der Waals surface area contributed by atoms with Crippen molar-refractivity contribution in [2.75, 3.05) is 25.0 Å². The standard InChI is InChI=1S/C14H18N2O/c1-12-6-5-7-13(10-12)15-14(17)11-16-8-3-2-4-9-16/h2-3,5-7,10H,4,8-9,11H2,1H3,(H,15,17). The zero-order valence-corrected chi connectivity index (χ0v) is 10.1. The van der Waals surface area contributed by atoms with Gasteiger partial charge in [-0.05, 0) is 31.0 Å². The van der Waals surface area contributed by atoms with E-state index in [0.717, 1.165) is 30.8 Å². The highest BCUT2D eigenvalue weighted by Crippen LogP contribution is 2.09. The average Bonchev–Trinajstić information content (AvgIpc) is 2.30. The van der Waals surface area contributed by atoms with E-state index in [4.69, 9.17) is 0 Å². The van der Waals surface area contributed by atoms with Crippen LogP contribution in [0.2, 0.25) is 0 Å². The number of anilines is 1. The van der Waals surface area contributed by atoms with Crippen LogP contribution in [0.15, 0.2) is 36.4 Å². The van der Waals surface area contributed by atoms with Crippen molar-refractivity contribution >= 4 is 11.6 Å². The van der Waals surface area contributed by atoms with Crippen molar-refractivity contribution in [1.82, 2.24) is 4.90 Å². The van der Waals surface area contributed by atoms with Gasteiger partial charge in [0.2, 0.25) is 5.91 Å². The topological polar surface area (TPSA) is 32.3 Å². The Morgan fingerprint density at radius 2 is 2.29 bits per heavy atom. The number of rotatable bonds is 3. The molecule has 0 unspecified atom stereocenters. The van der Waals surface area contributed by atoms with E-state index in [1.165, 1.54) is 0 Å². The number of carbonyl (C=O) groups is 1. The summed E-state index contributed by atoms with van der Waals surface area (Å²) in [5, 5.41) is 2.93. The molecular formula is C14H18N2O. The number of aryl methyl sites for hydroxylation is 1. The predicted molar refractivity (Wildman–Crippen MR) is 70.0 cm³/mol. The molecule has 0 aliphatic carbocycles. The molecule has 3 heteroatoms. The van der Waals surface area contributed by atoms with Crippen molar-refractivity contribution in [2.45, 2.75) is 13.3 Å². The van der Waals surface area contributed by atoms with Gasteiger partial charge in [-0.2, -0.15) is 0 Å². The Morgan fingerprint density at radius 1 is 1.41 bits per heavy atom. The highest BCUT2D eigenvalue weighted by molar-refractivity contribution is 5.92. The zero-order valence-electron chi connectivity index (χ0n) is 10.1. The second-order valence-corrected chi connectivity index (χ2v) is 4.41. The van der Waals surface area contributed by atoms with Crippen molar-refractivity contribution in [1.29, 1.82) is 0 Å². The van der Waals surface area contributed by atoms with Gasteiger partial charge in [-0.15, -0.1) is 0 Å². The summed E-state index contributed by atoms with van der Waals surface area (Å²) < 4.78 is 0. The fourth-order valence-electron chi connectivity index (χ4n) is 1.96. The summed E-state index contributed by atoms with van der Waals surface area (Å²) in [5.41, 5.74) is 2.03. The number of nitrogens with zero attached hydrogens (tertiary/aromatic N) is 1. The molecule has 17 heavy (non-hydrogen) atoms. The van der Waals surface area contributed by atoms with Crippen LogP contribution in [0.4, 0.5) is 5.69 Å². The number of carbonyl (C=O) groups excluding carboxylic acids is 1. The van der Waals surface area contributed by atoms with E-state index < -0.39 is 0 Å². The van der Waals surface area contributed by atoms with Crippen LogP contribution in [0.25, 0.3) is 0 Å². The number of hydrogen-bond donors (Lipinski definition) is 1. The van der Waals surface area contributed by atoms with Gasteiger partial charge in [-0.25, -0.2) is 0 Å². The summed E-state index contributed by atoms with van der Waals surface area (Å²) in [7, 11) is 0. The minimum atomic E-state index is 0.0610. The van der Waals surface area contributed by atoms with Gasteiger partial charge in [0.05, 0.1) is 6.54 Å². The molecular weight excluding hydrogens is 212 g/mol. The van der Waals surface area contributed by atoms with Crippen molar-refractivity contribution in [3.8, 4) is 0 Å². The van der Waals surface area contributed by atoms with Crippen LogP contribution in [0.1, 0.15) is 12.0 Å². The van der Waals surface area contributed by atoms with Gasteiger partial charge >= 0.3 is 0 Å². The molecule has 0 aromatic heterocycles. The smallest absolute Gasteiger partial charge is 0.238 e. The minimum absolute atomic E-state index is 0.0610. The van der Waals surface area contributed by atoms with Gasteiger partial charge in [-0.1, -0.05) is 24.3 Å². The summed E-state index contributed by atoms with van der Waals surface area (Å²) in [6, 6.07) is 7.87. The quantitative estimate of drug-likeness (QED) is 0.807. The summed E-state index contributed by atoms with van der Waals surface area (Å²) >= 11 is 0. The van der Waals surface area contributed by atoms with E-state index in [9.17, 15) is 4.79 Å². The lowest BCUT2D eigenvalue weighted by molar-refractivity contribution is -0.117. The van der Waals surface area contributed by atoms with Crippen LogP contribution in [-0.4, -0.2) is 30.4 Å². The van der Waals surface area contributed by atoms with E-state index >= 15 is 0 Å². The Hall–Kier alpha value is -1.61. The molecule has 0 atom stereocenters. The maximum atomic E-state index is 11.8. The summed E-state index contributed by atoms with van der Waals surface area (Å²) in [5.74, 6) is 0.0610. The van der Waals surface area contributed by atoms with Crippen LogP contribution >= 0.6 is 0 Å². The molecule has 1 aromatic carbocycles. The maximum absolute atomic E-state index is 11.8. The fourth-order valence-corrected chi connectivity index (χ4v) is 1.96. The molecule has 1 heterocycles. The van der Waals surface area contributed by atoms with Gasteiger partial charge in [-0.3, -0.25) is 9.69 Å². The van der Waals surface area contributed by atoms with Gasteiger partial charge < -0.3 is 5.32 Å². The highest BCUT2D eigenvalue weighted by atomic mass is 16.2. The predicted octanol–water partition coefficient (Wildman–Crippen LogP) is 2.20. The van der Waals surface area contributed by atoms with Gasteiger partial charge in [0.15, 0.2) is 0 Å². The van der Waals surface area contributed by atoms with Gasteiger partial charge in [0.1, 0.15) is 0 Å². The Morgan fingerprint density at radius 3 is 3.00 bits per heavy atom. The van der Waals surface area contributed by atoms with E-state index in [2.05, 4.69) is 22.4 Å². The van der Waals surface area contributed by atoms with E-state index in [1.54, 1.807) is 0 Å². The van der Waals surface area contributed by atoms with Gasteiger partial charge in [0.25, 0.3) is 0 Å². The lowest BCUT2D eigenvalue weighted by Gasteiger charge is -2.22. The van der Waals surface area contributed by atoms with Crippen molar-refractivity contribution < 1.29 is 4.79 Å². The first-order chi connectivity index (χ1) is 8.24. The summed E-state index contributed by atoms with van der Waals surface area (Å²) in [6.07, 6.45) is 5.32. The molecule has 0 spiro atoms. The van der Waals surface area contributed by atoms with Crippen molar-refractivity contribution in [3.05, 3.63) is 42.0 Å². The Balaban J connectivity index is 1.86. The average molecular weight is 230 g/mol. The Bertz CT molecular complexity index is 426. The first-order valence-corrected chi connectivity index (χ1v) is 5.98. The molecule has 3 nitrogen and oxygen atoms in total. The third-order valence-electron chi connectivity index (χ3n) is 2.81. The third-order valence-corrected chi connectivity index (χ3v) is 2.81. The van der Waals surface area contributed by atoms with Crippen LogP contribution in [0.3, 0.4) is 0 Å². The van der Waals surface area contributed by atoms with Gasteiger partial charge in [0, 0.05) is 18.8 Å². The molecule has 90 valence electrons. The normalized spacial score (nSPS) is 15.8. The highest BCUT2D eigenvalue weighted by Gasteiger charge is 2.10. The number of nitrogens with one attached hydrogen (secondary N) is 1. The van der Waals surface area contributed by atoms with E-state index in [-0.39, 0.29) is 5.91 Å².